The van der Waals surface area contributed by atoms with E-state index in [0.717, 1.165) is 84.0 Å². The number of likely N-dealkylation sites (tertiary alicyclic amines) is 2. The van der Waals surface area contributed by atoms with Crippen LogP contribution in [0.3, 0.4) is 0 Å². The van der Waals surface area contributed by atoms with Crippen molar-refractivity contribution < 1.29 is 14.4 Å². The third kappa shape index (κ3) is 3.91. The van der Waals surface area contributed by atoms with E-state index in [4.69, 9.17) is 0 Å². The minimum atomic E-state index is -0.642. The molecule has 0 unspecified atom stereocenters. The van der Waals surface area contributed by atoms with Crippen LogP contribution in [-0.2, 0) is 9.59 Å². The van der Waals surface area contributed by atoms with E-state index in [-0.39, 0.29) is 17.9 Å². The van der Waals surface area contributed by atoms with Gasteiger partial charge in [-0.15, -0.1) is 0 Å². The van der Waals surface area contributed by atoms with Gasteiger partial charge in [0, 0.05) is 32.1 Å². The molecule has 0 aromatic heterocycles. The van der Waals surface area contributed by atoms with E-state index in [1.807, 2.05) is 0 Å². The van der Waals surface area contributed by atoms with Crippen LogP contribution in [0.1, 0.15) is 70.6 Å². The number of carbonyl (C=O) groups is 3. The zero-order chi connectivity index (χ0) is 19.6. The molecule has 4 fully saturated rings. The van der Waals surface area contributed by atoms with E-state index >= 15 is 0 Å². The normalized spacial score (nSPS) is 27.1. The molecule has 7 heteroatoms. The Kier molecular flexibility index (Phi) is 5.90. The van der Waals surface area contributed by atoms with Crippen LogP contribution < -0.4 is 5.32 Å². The number of urea groups is 1. The molecule has 3 heterocycles. The SMILES string of the molecule is O=C(C1CCN(CN2C(=O)NC3(CCCCC3)C2=O)CC1)N1CCCCCC1. The van der Waals surface area contributed by atoms with Gasteiger partial charge in [-0.3, -0.25) is 14.5 Å². The summed E-state index contributed by atoms with van der Waals surface area (Å²) in [6.07, 6.45) is 11.0. The maximum absolute atomic E-state index is 12.9. The average Bonchev–Trinajstić information content (AvgIpc) is 2.93. The van der Waals surface area contributed by atoms with E-state index in [0.29, 0.717) is 12.6 Å². The standard InChI is InChI=1S/C21H34N4O3/c26-18(24-12-6-1-2-7-13-24)17-8-14-23(15-9-17)16-25-19(27)21(22-20(25)28)10-4-3-5-11-21/h17H,1-16H2,(H,22,28). The lowest BCUT2D eigenvalue weighted by atomic mass is 9.82. The van der Waals surface area contributed by atoms with E-state index < -0.39 is 5.54 Å². The highest BCUT2D eigenvalue weighted by Gasteiger charge is 2.51. The lowest BCUT2D eigenvalue weighted by molar-refractivity contribution is -0.138. The predicted molar refractivity (Wildman–Crippen MR) is 105 cm³/mol. The summed E-state index contributed by atoms with van der Waals surface area (Å²) in [5.74, 6) is 0.375. The van der Waals surface area contributed by atoms with Crippen molar-refractivity contribution in [3.05, 3.63) is 0 Å². The van der Waals surface area contributed by atoms with Gasteiger partial charge in [0.2, 0.25) is 5.91 Å². The van der Waals surface area contributed by atoms with Crippen LogP contribution in [0.15, 0.2) is 0 Å². The summed E-state index contributed by atoms with van der Waals surface area (Å²) in [5.41, 5.74) is -0.642. The number of nitrogens with one attached hydrogen (secondary N) is 1. The molecule has 4 amide bonds. The van der Waals surface area contributed by atoms with E-state index in [2.05, 4.69) is 15.1 Å². The molecule has 0 aromatic carbocycles. The summed E-state index contributed by atoms with van der Waals surface area (Å²) in [4.78, 5) is 43.9. The molecule has 3 saturated heterocycles. The van der Waals surface area contributed by atoms with Crippen LogP contribution in [0.5, 0.6) is 0 Å². The van der Waals surface area contributed by atoms with Crippen molar-refractivity contribution in [3.63, 3.8) is 0 Å². The van der Waals surface area contributed by atoms with E-state index in [1.165, 1.54) is 17.7 Å². The number of rotatable bonds is 3. The summed E-state index contributed by atoms with van der Waals surface area (Å²) in [5, 5.41) is 2.98. The highest BCUT2D eigenvalue weighted by molar-refractivity contribution is 6.07. The van der Waals surface area contributed by atoms with Gasteiger partial charge in [0.15, 0.2) is 0 Å². The Hall–Kier alpha value is -1.63. The zero-order valence-electron chi connectivity index (χ0n) is 17.0. The van der Waals surface area contributed by atoms with Crippen LogP contribution in [0.2, 0.25) is 0 Å². The number of hydrogen-bond donors (Lipinski definition) is 1. The van der Waals surface area contributed by atoms with Crippen molar-refractivity contribution in [2.45, 2.75) is 76.2 Å². The maximum Gasteiger partial charge on any atom is 0.326 e. The van der Waals surface area contributed by atoms with Crippen LogP contribution in [0.4, 0.5) is 4.79 Å². The minimum Gasteiger partial charge on any atom is -0.342 e. The maximum atomic E-state index is 12.9. The first kappa shape index (κ1) is 19.7. The summed E-state index contributed by atoms with van der Waals surface area (Å²) < 4.78 is 0. The van der Waals surface area contributed by atoms with Crippen molar-refractivity contribution in [2.24, 2.45) is 5.92 Å². The highest BCUT2D eigenvalue weighted by Crippen LogP contribution is 2.34. The third-order valence-electron chi connectivity index (χ3n) is 7.15. The van der Waals surface area contributed by atoms with Gasteiger partial charge in [-0.1, -0.05) is 32.1 Å². The number of amides is 4. The van der Waals surface area contributed by atoms with Gasteiger partial charge in [0.05, 0.1) is 6.67 Å². The minimum absolute atomic E-state index is 0.0417. The second-order valence-corrected chi connectivity index (χ2v) is 9.08. The fourth-order valence-corrected chi connectivity index (χ4v) is 5.37. The topological polar surface area (TPSA) is 73.0 Å². The average molecular weight is 391 g/mol. The Balaban J connectivity index is 1.29. The third-order valence-corrected chi connectivity index (χ3v) is 7.15. The molecule has 4 rings (SSSR count). The Morgan fingerprint density at radius 2 is 1.50 bits per heavy atom. The van der Waals surface area contributed by atoms with Gasteiger partial charge in [0.25, 0.3) is 5.91 Å². The molecule has 0 aromatic rings. The van der Waals surface area contributed by atoms with Crippen LogP contribution >= 0.6 is 0 Å². The van der Waals surface area contributed by atoms with Crippen molar-refractivity contribution in [2.75, 3.05) is 32.8 Å². The molecule has 0 radical (unpaired) electrons. The fraction of sp³-hybridized carbons (Fsp3) is 0.857. The zero-order valence-corrected chi connectivity index (χ0v) is 17.0. The lowest BCUT2D eigenvalue weighted by Gasteiger charge is -2.35. The van der Waals surface area contributed by atoms with Crippen molar-refractivity contribution in [1.29, 1.82) is 0 Å². The first-order valence-electron chi connectivity index (χ1n) is 11.2. The molecule has 1 spiro atoms. The molecule has 0 atom stereocenters. The highest BCUT2D eigenvalue weighted by atomic mass is 16.2. The number of hydrogen-bond acceptors (Lipinski definition) is 4. The molecule has 4 aliphatic rings. The van der Waals surface area contributed by atoms with Crippen molar-refractivity contribution >= 4 is 17.8 Å². The first-order chi connectivity index (χ1) is 13.6. The van der Waals surface area contributed by atoms with Crippen molar-refractivity contribution in [3.8, 4) is 0 Å². The van der Waals surface area contributed by atoms with Gasteiger partial charge < -0.3 is 10.2 Å². The van der Waals surface area contributed by atoms with Gasteiger partial charge in [0.1, 0.15) is 5.54 Å². The van der Waals surface area contributed by atoms with Gasteiger partial charge in [-0.05, 0) is 38.5 Å². The molecule has 0 bridgehead atoms. The van der Waals surface area contributed by atoms with Crippen LogP contribution in [0, 0.1) is 5.92 Å². The van der Waals surface area contributed by atoms with Crippen LogP contribution in [-0.4, -0.2) is 70.9 Å². The summed E-state index contributed by atoms with van der Waals surface area (Å²) in [7, 11) is 0. The number of nitrogens with zero attached hydrogens (tertiary/aromatic N) is 3. The Morgan fingerprint density at radius 1 is 0.893 bits per heavy atom. The molecule has 1 aliphatic carbocycles. The molecule has 28 heavy (non-hydrogen) atoms. The molecule has 7 nitrogen and oxygen atoms in total. The Morgan fingerprint density at radius 3 is 2.14 bits per heavy atom. The Labute approximate surface area is 167 Å². The molecule has 1 N–H and O–H groups in total. The summed E-state index contributed by atoms with van der Waals surface area (Å²) >= 11 is 0. The molecular weight excluding hydrogens is 356 g/mol. The smallest absolute Gasteiger partial charge is 0.326 e. The van der Waals surface area contributed by atoms with Gasteiger partial charge in [-0.2, -0.15) is 0 Å². The second-order valence-electron chi connectivity index (χ2n) is 9.08. The summed E-state index contributed by atoms with van der Waals surface area (Å²) in [6, 6.07) is -0.241. The number of carbonyl (C=O) groups excluding carboxylic acids is 3. The van der Waals surface area contributed by atoms with E-state index in [9.17, 15) is 14.4 Å². The van der Waals surface area contributed by atoms with Crippen molar-refractivity contribution in [1.82, 2.24) is 20.0 Å². The molecular formula is C21H34N4O3. The van der Waals surface area contributed by atoms with Gasteiger partial charge >= 0.3 is 6.03 Å². The fourth-order valence-electron chi connectivity index (χ4n) is 5.37. The molecule has 1 saturated carbocycles. The second kappa shape index (κ2) is 8.39. The lowest BCUT2D eigenvalue weighted by Crippen LogP contribution is -2.50. The summed E-state index contributed by atoms with van der Waals surface area (Å²) in [6.45, 7) is 3.72. The van der Waals surface area contributed by atoms with Crippen LogP contribution in [0.25, 0.3) is 0 Å². The molecule has 156 valence electrons. The monoisotopic (exact) mass is 390 g/mol. The first-order valence-corrected chi connectivity index (χ1v) is 11.2. The quantitative estimate of drug-likeness (QED) is 0.751. The number of imide groups is 1. The predicted octanol–water partition coefficient (Wildman–Crippen LogP) is 2.31. The number of piperidine rings is 1. The largest absolute Gasteiger partial charge is 0.342 e. The molecule has 3 aliphatic heterocycles. The van der Waals surface area contributed by atoms with Gasteiger partial charge in [-0.25, -0.2) is 9.69 Å². The Bertz CT molecular complexity index is 601. The van der Waals surface area contributed by atoms with E-state index in [1.54, 1.807) is 0 Å².